The van der Waals surface area contributed by atoms with Crippen molar-refractivity contribution in [3.63, 3.8) is 0 Å². The van der Waals surface area contributed by atoms with E-state index in [0.717, 1.165) is 4.31 Å². The number of sulfonamides is 1. The summed E-state index contributed by atoms with van der Waals surface area (Å²) in [5.74, 6) is 0. The molecule has 0 saturated heterocycles. The average molecular weight is 303 g/mol. The van der Waals surface area contributed by atoms with Gasteiger partial charge in [0.05, 0.1) is 12.2 Å². The van der Waals surface area contributed by atoms with Crippen LogP contribution < -0.4 is 0 Å². The van der Waals surface area contributed by atoms with Gasteiger partial charge in [0.15, 0.2) is 0 Å². The minimum Gasteiger partial charge on any atom is -0.395 e. The second-order valence-electron chi connectivity index (χ2n) is 4.19. The van der Waals surface area contributed by atoms with Crippen LogP contribution in [0, 0.1) is 11.3 Å². The fourth-order valence-electron chi connectivity index (χ4n) is 1.68. The summed E-state index contributed by atoms with van der Waals surface area (Å²) in [6.07, 6.45) is 0. The smallest absolute Gasteiger partial charge is 0.244 e. The third-order valence-electron chi connectivity index (χ3n) is 2.55. The van der Waals surface area contributed by atoms with Crippen molar-refractivity contribution in [3.8, 4) is 6.07 Å². The predicted molar refractivity (Wildman–Crippen MR) is 72.3 cm³/mol. The second kappa shape index (κ2) is 6.35. The first kappa shape index (κ1) is 15.9. The maximum absolute atomic E-state index is 12.5. The molecule has 1 aromatic rings. The zero-order chi connectivity index (χ0) is 14.6. The first-order valence-corrected chi connectivity index (χ1v) is 7.48. The average Bonchev–Trinajstić information content (AvgIpc) is 2.35. The minimum absolute atomic E-state index is 0.0304. The SMILES string of the molecule is CC(C)N(CCO)S(=O)(=O)c1cc(Cl)ccc1C#N. The molecule has 19 heavy (non-hydrogen) atoms. The molecule has 104 valence electrons. The quantitative estimate of drug-likeness (QED) is 0.896. The number of benzene rings is 1. The molecule has 0 amide bonds. The molecular formula is C12H15ClN2O3S. The summed E-state index contributed by atoms with van der Waals surface area (Å²) in [5, 5.41) is 18.2. The van der Waals surface area contributed by atoms with Gasteiger partial charge in [0.25, 0.3) is 0 Å². The van der Waals surface area contributed by atoms with Crippen LogP contribution in [0.15, 0.2) is 23.1 Å². The Morgan fingerprint density at radius 1 is 1.47 bits per heavy atom. The maximum Gasteiger partial charge on any atom is 0.244 e. The Balaban J connectivity index is 3.41. The lowest BCUT2D eigenvalue weighted by Gasteiger charge is -2.25. The van der Waals surface area contributed by atoms with Crippen molar-refractivity contribution >= 4 is 21.6 Å². The summed E-state index contributed by atoms with van der Waals surface area (Å²) < 4.78 is 26.1. The number of aliphatic hydroxyl groups excluding tert-OH is 1. The molecule has 1 rings (SSSR count). The second-order valence-corrected chi connectivity index (χ2v) is 6.48. The van der Waals surface area contributed by atoms with Crippen molar-refractivity contribution in [2.75, 3.05) is 13.2 Å². The normalized spacial score (nSPS) is 11.8. The van der Waals surface area contributed by atoms with E-state index in [2.05, 4.69) is 0 Å². The highest BCUT2D eigenvalue weighted by atomic mass is 35.5. The van der Waals surface area contributed by atoms with Gasteiger partial charge >= 0.3 is 0 Å². The summed E-state index contributed by atoms with van der Waals surface area (Å²) in [5.41, 5.74) is 0.0352. The molecule has 5 nitrogen and oxygen atoms in total. The fraction of sp³-hybridized carbons (Fsp3) is 0.417. The van der Waals surface area contributed by atoms with E-state index in [1.54, 1.807) is 13.8 Å². The molecule has 7 heteroatoms. The number of nitrogens with zero attached hydrogens (tertiary/aromatic N) is 2. The highest BCUT2D eigenvalue weighted by Gasteiger charge is 2.29. The van der Waals surface area contributed by atoms with Crippen molar-refractivity contribution < 1.29 is 13.5 Å². The predicted octanol–water partition coefficient (Wildman–Crippen LogP) is 1.60. The first-order valence-electron chi connectivity index (χ1n) is 5.67. The monoisotopic (exact) mass is 302 g/mol. The zero-order valence-corrected chi connectivity index (χ0v) is 12.2. The summed E-state index contributed by atoms with van der Waals surface area (Å²) in [4.78, 5) is -0.135. The lowest BCUT2D eigenvalue weighted by atomic mass is 10.2. The van der Waals surface area contributed by atoms with Crippen molar-refractivity contribution in [3.05, 3.63) is 28.8 Å². The van der Waals surface area contributed by atoms with E-state index in [1.165, 1.54) is 18.2 Å². The topological polar surface area (TPSA) is 81.4 Å². The van der Waals surface area contributed by atoms with Crippen LogP contribution in [0.3, 0.4) is 0 Å². The van der Waals surface area contributed by atoms with Gasteiger partial charge in [0.1, 0.15) is 11.0 Å². The van der Waals surface area contributed by atoms with Crippen LogP contribution in [0.4, 0.5) is 0 Å². The van der Waals surface area contributed by atoms with Crippen LogP contribution in [-0.2, 0) is 10.0 Å². The molecule has 0 saturated carbocycles. The molecule has 0 bridgehead atoms. The third kappa shape index (κ3) is 3.45. The maximum atomic E-state index is 12.5. The van der Waals surface area contributed by atoms with E-state index in [1.807, 2.05) is 6.07 Å². The Morgan fingerprint density at radius 2 is 2.11 bits per heavy atom. The van der Waals surface area contributed by atoms with Crippen molar-refractivity contribution in [1.29, 1.82) is 5.26 Å². The van der Waals surface area contributed by atoms with Crippen LogP contribution >= 0.6 is 11.6 Å². The fourth-order valence-corrected chi connectivity index (χ4v) is 3.72. The molecule has 0 aromatic heterocycles. The van der Waals surface area contributed by atoms with Crippen LogP contribution in [0.2, 0.25) is 5.02 Å². The lowest BCUT2D eigenvalue weighted by molar-refractivity contribution is 0.236. The minimum atomic E-state index is -3.86. The van der Waals surface area contributed by atoms with Gasteiger partial charge in [0, 0.05) is 17.6 Å². The van der Waals surface area contributed by atoms with Crippen LogP contribution in [-0.4, -0.2) is 37.0 Å². The molecule has 0 fully saturated rings. The molecule has 1 N–H and O–H groups in total. The van der Waals surface area contributed by atoms with E-state index in [9.17, 15) is 8.42 Å². The van der Waals surface area contributed by atoms with E-state index in [0.29, 0.717) is 0 Å². The summed E-state index contributed by atoms with van der Waals surface area (Å²) in [6, 6.07) is 5.59. The van der Waals surface area contributed by atoms with Crippen LogP contribution in [0.1, 0.15) is 19.4 Å². The number of hydrogen-bond acceptors (Lipinski definition) is 4. The van der Waals surface area contributed by atoms with Gasteiger partial charge in [-0.15, -0.1) is 0 Å². The molecule has 1 aromatic carbocycles. The van der Waals surface area contributed by atoms with E-state index >= 15 is 0 Å². The third-order valence-corrected chi connectivity index (χ3v) is 4.90. The molecule has 0 heterocycles. The molecule has 0 aliphatic carbocycles. The van der Waals surface area contributed by atoms with Gasteiger partial charge in [-0.1, -0.05) is 11.6 Å². The lowest BCUT2D eigenvalue weighted by Crippen LogP contribution is -2.39. The van der Waals surface area contributed by atoms with Crippen molar-refractivity contribution in [2.24, 2.45) is 0 Å². The van der Waals surface area contributed by atoms with Gasteiger partial charge in [-0.05, 0) is 32.0 Å². The van der Waals surface area contributed by atoms with E-state index < -0.39 is 10.0 Å². The van der Waals surface area contributed by atoms with Crippen LogP contribution in [0.25, 0.3) is 0 Å². The summed E-state index contributed by atoms with van der Waals surface area (Å²) in [7, 11) is -3.86. The Morgan fingerprint density at radius 3 is 2.58 bits per heavy atom. The highest BCUT2D eigenvalue weighted by molar-refractivity contribution is 7.89. The number of hydrogen-bond donors (Lipinski definition) is 1. The first-order chi connectivity index (χ1) is 8.84. The number of aliphatic hydroxyl groups is 1. The Hall–Kier alpha value is -1.13. The zero-order valence-electron chi connectivity index (χ0n) is 10.7. The Labute approximate surface area is 118 Å². The van der Waals surface area contributed by atoms with E-state index in [4.69, 9.17) is 22.0 Å². The van der Waals surface area contributed by atoms with E-state index in [-0.39, 0.29) is 34.7 Å². The molecule has 0 atom stereocenters. The molecule has 0 radical (unpaired) electrons. The van der Waals surface area contributed by atoms with Gasteiger partial charge in [-0.2, -0.15) is 9.57 Å². The molecule has 0 spiro atoms. The number of halogens is 1. The number of nitriles is 1. The largest absolute Gasteiger partial charge is 0.395 e. The molecular weight excluding hydrogens is 288 g/mol. The van der Waals surface area contributed by atoms with Gasteiger partial charge in [-0.3, -0.25) is 0 Å². The number of rotatable bonds is 5. The summed E-state index contributed by atoms with van der Waals surface area (Å²) >= 11 is 5.80. The van der Waals surface area contributed by atoms with Gasteiger partial charge < -0.3 is 5.11 Å². The van der Waals surface area contributed by atoms with Crippen molar-refractivity contribution in [2.45, 2.75) is 24.8 Å². The van der Waals surface area contributed by atoms with Crippen LogP contribution in [0.5, 0.6) is 0 Å². The van der Waals surface area contributed by atoms with Crippen molar-refractivity contribution in [1.82, 2.24) is 4.31 Å². The molecule has 0 aliphatic rings. The van der Waals surface area contributed by atoms with Gasteiger partial charge in [-0.25, -0.2) is 8.42 Å². The Bertz CT molecular complexity index is 593. The standard InChI is InChI=1S/C12H15ClN2O3S/c1-9(2)15(5-6-16)19(17,18)12-7-11(13)4-3-10(12)8-14/h3-4,7,9,16H,5-6H2,1-2H3. The molecule has 0 aliphatic heterocycles. The summed E-state index contributed by atoms with van der Waals surface area (Å²) in [6.45, 7) is 3.07. The Kier molecular flexibility index (Phi) is 5.32. The highest BCUT2D eigenvalue weighted by Crippen LogP contribution is 2.24. The molecule has 0 unspecified atom stereocenters. The van der Waals surface area contributed by atoms with Gasteiger partial charge in [0.2, 0.25) is 10.0 Å².